The van der Waals surface area contributed by atoms with Gasteiger partial charge in [0.25, 0.3) is 0 Å². The van der Waals surface area contributed by atoms with Crippen LogP contribution in [-0.2, 0) is 11.2 Å². The number of rotatable bonds is 6. The highest BCUT2D eigenvalue weighted by molar-refractivity contribution is 5.66. The van der Waals surface area contributed by atoms with Crippen LogP contribution in [0, 0.1) is 0 Å². The summed E-state index contributed by atoms with van der Waals surface area (Å²) >= 11 is 0. The summed E-state index contributed by atoms with van der Waals surface area (Å²) < 4.78 is 5.58. The number of carbonyl (C=O) groups is 1. The topological polar surface area (TPSA) is 84.6 Å². The molecule has 0 spiro atoms. The number of carboxylic acids is 1. The van der Waals surface area contributed by atoms with Gasteiger partial charge in [-0.25, -0.2) is 0 Å². The van der Waals surface area contributed by atoms with E-state index in [4.69, 9.17) is 15.6 Å². The maximum Gasteiger partial charge on any atom is 0.303 e. The zero-order valence-electron chi connectivity index (χ0n) is 11.8. The van der Waals surface area contributed by atoms with Gasteiger partial charge in [0, 0.05) is 12.1 Å². The van der Waals surface area contributed by atoms with E-state index < -0.39 is 5.97 Å². The molecule has 110 valence electrons. The number of ether oxygens (including phenoxy) is 1. The van der Waals surface area contributed by atoms with Crippen molar-refractivity contribution >= 4 is 11.7 Å². The van der Waals surface area contributed by atoms with Gasteiger partial charge in [0.2, 0.25) is 0 Å². The maximum absolute atomic E-state index is 10.4. The van der Waals surface area contributed by atoms with Gasteiger partial charge in [0.1, 0.15) is 5.75 Å². The third-order valence-electron chi connectivity index (χ3n) is 3.74. The van der Waals surface area contributed by atoms with Crippen LogP contribution in [0.1, 0.15) is 38.2 Å². The van der Waals surface area contributed by atoms with Crippen LogP contribution in [0.2, 0.25) is 0 Å². The summed E-state index contributed by atoms with van der Waals surface area (Å²) in [5.74, 6) is -0.000879. The molecule has 5 heteroatoms. The molecule has 0 amide bonds. The molecule has 0 radical (unpaired) electrons. The molecule has 5 nitrogen and oxygen atoms in total. The molecule has 1 aromatic carbocycles. The second-order valence-corrected chi connectivity index (χ2v) is 5.30. The van der Waals surface area contributed by atoms with Crippen molar-refractivity contribution in [1.29, 1.82) is 0 Å². The largest absolute Gasteiger partial charge is 0.494 e. The average molecular weight is 278 g/mol. The predicted molar refractivity (Wildman–Crippen MR) is 78.0 cm³/mol. The monoisotopic (exact) mass is 278 g/mol. The number of nitrogens with one attached hydrogen (secondary N) is 1. The number of carboxylic acid groups (broad SMARTS) is 1. The molecule has 0 saturated carbocycles. The number of aryl methyl sites for hydroxylation is 1. The molecule has 1 heterocycles. The SMILES string of the molecule is CCC1(N)CCc2cc(OCCCC(=O)O)ccc2N1. The minimum Gasteiger partial charge on any atom is -0.494 e. The van der Waals surface area contributed by atoms with Gasteiger partial charge in [-0.05, 0) is 49.4 Å². The number of nitrogens with two attached hydrogens (primary N) is 1. The van der Waals surface area contributed by atoms with Gasteiger partial charge in [0.05, 0.1) is 12.3 Å². The Bertz CT molecular complexity index is 490. The lowest BCUT2D eigenvalue weighted by atomic mass is 9.92. The van der Waals surface area contributed by atoms with Crippen LogP contribution in [0.3, 0.4) is 0 Å². The summed E-state index contributed by atoms with van der Waals surface area (Å²) in [6.07, 6.45) is 3.38. The molecule has 1 aliphatic heterocycles. The fourth-order valence-electron chi connectivity index (χ4n) is 2.36. The Hall–Kier alpha value is -1.75. The van der Waals surface area contributed by atoms with E-state index in [1.165, 1.54) is 5.56 Å². The van der Waals surface area contributed by atoms with Crippen molar-refractivity contribution < 1.29 is 14.6 Å². The van der Waals surface area contributed by atoms with E-state index in [-0.39, 0.29) is 12.1 Å². The Kier molecular flexibility index (Phi) is 4.49. The zero-order valence-corrected chi connectivity index (χ0v) is 11.8. The highest BCUT2D eigenvalue weighted by atomic mass is 16.5. The second-order valence-electron chi connectivity index (χ2n) is 5.30. The van der Waals surface area contributed by atoms with E-state index in [0.29, 0.717) is 13.0 Å². The van der Waals surface area contributed by atoms with E-state index >= 15 is 0 Å². The lowest BCUT2D eigenvalue weighted by molar-refractivity contribution is -0.137. The van der Waals surface area contributed by atoms with Crippen LogP contribution < -0.4 is 15.8 Å². The molecule has 0 aromatic heterocycles. The van der Waals surface area contributed by atoms with E-state index in [2.05, 4.69) is 12.2 Å². The van der Waals surface area contributed by atoms with E-state index in [9.17, 15) is 4.79 Å². The second kappa shape index (κ2) is 6.13. The summed E-state index contributed by atoms with van der Waals surface area (Å²) in [7, 11) is 0. The van der Waals surface area contributed by atoms with E-state index in [1.807, 2.05) is 18.2 Å². The van der Waals surface area contributed by atoms with Crippen LogP contribution in [0.4, 0.5) is 5.69 Å². The van der Waals surface area contributed by atoms with E-state index in [1.54, 1.807) is 0 Å². The molecule has 0 bridgehead atoms. The molecule has 20 heavy (non-hydrogen) atoms. The van der Waals surface area contributed by atoms with Gasteiger partial charge in [-0.2, -0.15) is 0 Å². The molecule has 1 atom stereocenters. The number of benzene rings is 1. The van der Waals surface area contributed by atoms with Crippen LogP contribution in [0.25, 0.3) is 0 Å². The summed E-state index contributed by atoms with van der Waals surface area (Å²) in [5.41, 5.74) is 8.20. The minimum absolute atomic E-state index is 0.138. The van der Waals surface area contributed by atoms with Crippen LogP contribution in [0.5, 0.6) is 5.75 Å². The summed E-state index contributed by atoms with van der Waals surface area (Å²) in [5, 5.41) is 11.9. The minimum atomic E-state index is -0.790. The fraction of sp³-hybridized carbons (Fsp3) is 0.533. The van der Waals surface area contributed by atoms with Gasteiger partial charge in [-0.3, -0.25) is 4.79 Å². The summed E-state index contributed by atoms with van der Waals surface area (Å²) in [6.45, 7) is 2.51. The van der Waals surface area contributed by atoms with Crippen molar-refractivity contribution in [2.45, 2.75) is 44.7 Å². The molecule has 1 aliphatic rings. The quantitative estimate of drug-likeness (QED) is 0.696. The van der Waals surface area contributed by atoms with Crippen molar-refractivity contribution in [3.05, 3.63) is 23.8 Å². The zero-order chi connectivity index (χ0) is 14.6. The van der Waals surface area contributed by atoms with Gasteiger partial charge in [0.15, 0.2) is 0 Å². The molecular weight excluding hydrogens is 256 g/mol. The molecule has 2 rings (SSSR count). The van der Waals surface area contributed by atoms with Crippen LogP contribution in [-0.4, -0.2) is 23.3 Å². The van der Waals surface area contributed by atoms with Crippen molar-refractivity contribution in [3.63, 3.8) is 0 Å². The first-order valence-corrected chi connectivity index (χ1v) is 7.07. The Morgan fingerprint density at radius 2 is 2.35 bits per heavy atom. The number of aliphatic carboxylic acids is 1. The van der Waals surface area contributed by atoms with Gasteiger partial charge in [-0.15, -0.1) is 0 Å². The first kappa shape index (κ1) is 14.7. The number of fused-ring (bicyclic) bond motifs is 1. The third-order valence-corrected chi connectivity index (χ3v) is 3.74. The van der Waals surface area contributed by atoms with Crippen molar-refractivity contribution in [3.8, 4) is 5.75 Å². The molecule has 1 unspecified atom stereocenters. The predicted octanol–water partition coefficient (Wildman–Crippen LogP) is 2.35. The molecule has 0 fully saturated rings. The highest BCUT2D eigenvalue weighted by Crippen LogP contribution is 2.32. The third kappa shape index (κ3) is 3.63. The Balaban J connectivity index is 1.94. The van der Waals surface area contributed by atoms with Crippen molar-refractivity contribution in [2.24, 2.45) is 5.73 Å². The Morgan fingerprint density at radius 1 is 1.55 bits per heavy atom. The lowest BCUT2D eigenvalue weighted by Gasteiger charge is -2.36. The number of hydrogen-bond acceptors (Lipinski definition) is 4. The number of anilines is 1. The van der Waals surface area contributed by atoms with Gasteiger partial charge >= 0.3 is 5.97 Å². The Morgan fingerprint density at radius 3 is 3.05 bits per heavy atom. The fourth-order valence-corrected chi connectivity index (χ4v) is 2.36. The first-order valence-electron chi connectivity index (χ1n) is 7.07. The number of hydrogen-bond donors (Lipinski definition) is 3. The van der Waals surface area contributed by atoms with Crippen molar-refractivity contribution in [1.82, 2.24) is 0 Å². The molecule has 1 aromatic rings. The van der Waals surface area contributed by atoms with Gasteiger partial charge < -0.3 is 20.9 Å². The molecule has 0 aliphatic carbocycles. The normalized spacial score (nSPS) is 20.9. The van der Waals surface area contributed by atoms with E-state index in [0.717, 1.165) is 30.7 Å². The van der Waals surface area contributed by atoms with Crippen LogP contribution >= 0.6 is 0 Å². The lowest BCUT2D eigenvalue weighted by Crippen LogP contribution is -2.49. The van der Waals surface area contributed by atoms with Crippen LogP contribution in [0.15, 0.2) is 18.2 Å². The molecule has 0 saturated heterocycles. The summed E-state index contributed by atoms with van der Waals surface area (Å²) in [6, 6.07) is 5.89. The smallest absolute Gasteiger partial charge is 0.303 e. The molecular formula is C15H22N2O3. The van der Waals surface area contributed by atoms with Crippen molar-refractivity contribution in [2.75, 3.05) is 11.9 Å². The standard InChI is InChI=1S/C15H22N2O3/c1-2-15(16)8-7-11-10-12(5-6-13(11)17-15)20-9-3-4-14(18)19/h5-6,10,17H,2-4,7-9,16H2,1H3,(H,18,19). The Labute approximate surface area is 119 Å². The average Bonchev–Trinajstić information content (AvgIpc) is 2.43. The highest BCUT2D eigenvalue weighted by Gasteiger charge is 2.27. The summed E-state index contributed by atoms with van der Waals surface area (Å²) in [4.78, 5) is 10.4. The molecule has 4 N–H and O–H groups in total. The first-order chi connectivity index (χ1) is 9.52. The maximum atomic E-state index is 10.4. The van der Waals surface area contributed by atoms with Gasteiger partial charge in [-0.1, -0.05) is 6.92 Å².